The number of likely N-dealkylation sites (tertiary alicyclic amines) is 1. The van der Waals surface area contributed by atoms with Crippen LogP contribution in [0.3, 0.4) is 0 Å². The second-order valence-corrected chi connectivity index (χ2v) is 8.88. The lowest BCUT2D eigenvalue weighted by Crippen LogP contribution is -2.57. The molecule has 3 saturated heterocycles. The number of aliphatic hydroxyl groups is 1. The Morgan fingerprint density at radius 2 is 1.83 bits per heavy atom. The van der Waals surface area contributed by atoms with Gasteiger partial charge in [0.2, 0.25) is 5.82 Å². The monoisotopic (exact) mass is 398 g/mol. The largest absolute Gasteiger partial charge is 0.392 e. The van der Waals surface area contributed by atoms with Crippen LogP contribution in [0.15, 0.2) is 34.9 Å². The number of rotatable bonds is 3. The minimum atomic E-state index is -0.230. The Morgan fingerprint density at radius 1 is 1.07 bits per heavy atom. The maximum absolute atomic E-state index is 10.6. The lowest BCUT2D eigenvalue weighted by atomic mass is 9.71. The maximum atomic E-state index is 10.6. The average Bonchev–Trinajstić information content (AvgIpc) is 3.25. The third kappa shape index (κ3) is 4.04. The van der Waals surface area contributed by atoms with Gasteiger partial charge in [-0.15, -0.1) is 0 Å². The van der Waals surface area contributed by atoms with Crippen molar-refractivity contribution in [3.05, 3.63) is 30.3 Å². The van der Waals surface area contributed by atoms with E-state index in [-0.39, 0.29) is 11.5 Å². The number of hydrogen-bond acceptors (Lipinski definition) is 7. The fourth-order valence-corrected chi connectivity index (χ4v) is 5.31. The molecule has 29 heavy (non-hydrogen) atoms. The summed E-state index contributed by atoms with van der Waals surface area (Å²) in [5.41, 5.74) is 1.16. The van der Waals surface area contributed by atoms with Gasteiger partial charge in [-0.25, -0.2) is 0 Å². The van der Waals surface area contributed by atoms with Crippen LogP contribution in [-0.2, 0) is 4.74 Å². The normalized spacial score (nSPS) is 26.1. The summed E-state index contributed by atoms with van der Waals surface area (Å²) >= 11 is 0. The van der Waals surface area contributed by atoms with Gasteiger partial charge in [0.1, 0.15) is 0 Å². The van der Waals surface area contributed by atoms with Crippen molar-refractivity contribution in [1.29, 1.82) is 0 Å². The predicted molar refractivity (Wildman–Crippen MR) is 110 cm³/mol. The Labute approximate surface area is 171 Å². The number of piperidine rings is 2. The topological polar surface area (TPSA) is 74.9 Å². The molecule has 1 aromatic heterocycles. The summed E-state index contributed by atoms with van der Waals surface area (Å²) in [4.78, 5) is 9.35. The minimum absolute atomic E-state index is 0.189. The molecule has 2 aromatic rings. The first-order chi connectivity index (χ1) is 14.2. The number of aliphatic hydroxyl groups excluding tert-OH is 1. The van der Waals surface area contributed by atoms with E-state index in [2.05, 4.69) is 19.9 Å². The summed E-state index contributed by atoms with van der Waals surface area (Å²) in [6.45, 7) is 5.37. The summed E-state index contributed by atoms with van der Waals surface area (Å²) in [7, 11) is 0. The van der Waals surface area contributed by atoms with E-state index in [4.69, 9.17) is 9.26 Å². The number of nitrogens with zero attached hydrogens (tertiary/aromatic N) is 4. The van der Waals surface area contributed by atoms with Crippen molar-refractivity contribution in [2.75, 3.05) is 44.3 Å². The van der Waals surface area contributed by atoms with E-state index in [0.29, 0.717) is 17.9 Å². The lowest BCUT2D eigenvalue weighted by Gasteiger charge is -2.51. The quantitative estimate of drug-likeness (QED) is 0.852. The first kappa shape index (κ1) is 19.0. The van der Waals surface area contributed by atoms with Crippen LogP contribution >= 0.6 is 0 Å². The fraction of sp³-hybridized carbons (Fsp3) is 0.636. The minimum Gasteiger partial charge on any atom is -0.392 e. The van der Waals surface area contributed by atoms with Gasteiger partial charge in [0.15, 0.2) is 0 Å². The molecule has 0 bridgehead atoms. The molecule has 1 atom stereocenters. The molecule has 0 amide bonds. The van der Waals surface area contributed by atoms with Gasteiger partial charge >= 0.3 is 6.01 Å². The summed E-state index contributed by atoms with van der Waals surface area (Å²) in [5.74, 6) is 0.639. The molecule has 1 unspecified atom stereocenters. The highest BCUT2D eigenvalue weighted by Gasteiger charge is 2.43. The van der Waals surface area contributed by atoms with Crippen molar-refractivity contribution in [2.45, 2.75) is 44.2 Å². The average molecular weight is 399 g/mol. The summed E-state index contributed by atoms with van der Waals surface area (Å²) < 4.78 is 11.1. The van der Waals surface area contributed by atoms with Crippen LogP contribution in [0.2, 0.25) is 0 Å². The van der Waals surface area contributed by atoms with Crippen LogP contribution in [0.1, 0.15) is 32.1 Å². The maximum Gasteiger partial charge on any atom is 0.324 e. The standard InChI is InChI=1S/C22H30N4O3/c27-19-14-22(16-26(15-19)18-6-12-28-13-7-18)8-10-25(11-9-22)21-23-20(24-29-21)17-4-2-1-3-5-17/h1-5,18-19,27H,6-16H2. The Kier molecular flexibility index (Phi) is 5.28. The van der Waals surface area contributed by atoms with E-state index in [1.54, 1.807) is 0 Å². The Hall–Kier alpha value is -1.96. The molecular formula is C22H30N4O3. The molecule has 5 rings (SSSR count). The van der Waals surface area contributed by atoms with Gasteiger partial charge in [-0.2, -0.15) is 4.98 Å². The molecule has 3 fully saturated rings. The second kappa shape index (κ2) is 8.05. The van der Waals surface area contributed by atoms with Crippen molar-refractivity contribution in [1.82, 2.24) is 15.0 Å². The van der Waals surface area contributed by atoms with Crippen LogP contribution in [0.5, 0.6) is 0 Å². The molecule has 1 aromatic carbocycles. The number of benzene rings is 1. The number of aromatic nitrogens is 2. The predicted octanol–water partition coefficient (Wildman–Crippen LogP) is 2.57. The van der Waals surface area contributed by atoms with Crippen LogP contribution in [0, 0.1) is 5.41 Å². The molecule has 3 aliphatic heterocycles. The highest BCUT2D eigenvalue weighted by Crippen LogP contribution is 2.42. The summed E-state index contributed by atoms with van der Waals surface area (Å²) in [6, 6.07) is 11.1. The highest BCUT2D eigenvalue weighted by molar-refractivity contribution is 5.55. The van der Waals surface area contributed by atoms with E-state index < -0.39 is 0 Å². The van der Waals surface area contributed by atoms with E-state index in [1.165, 1.54) is 0 Å². The van der Waals surface area contributed by atoms with E-state index in [0.717, 1.165) is 77.1 Å². The molecular weight excluding hydrogens is 368 g/mol. The zero-order valence-corrected chi connectivity index (χ0v) is 16.9. The van der Waals surface area contributed by atoms with E-state index >= 15 is 0 Å². The van der Waals surface area contributed by atoms with Crippen molar-refractivity contribution in [2.24, 2.45) is 5.41 Å². The summed E-state index contributed by atoms with van der Waals surface area (Å²) in [6.07, 6.45) is 4.93. The van der Waals surface area contributed by atoms with Crippen LogP contribution in [0.25, 0.3) is 11.4 Å². The third-order valence-corrected chi connectivity index (χ3v) is 6.90. The third-order valence-electron chi connectivity index (χ3n) is 6.90. The van der Waals surface area contributed by atoms with Crippen molar-refractivity contribution < 1.29 is 14.4 Å². The lowest BCUT2D eigenvalue weighted by molar-refractivity contribution is -0.0604. The van der Waals surface area contributed by atoms with Crippen LogP contribution in [-0.4, -0.2) is 71.7 Å². The molecule has 0 aliphatic carbocycles. The van der Waals surface area contributed by atoms with Crippen molar-refractivity contribution >= 4 is 6.01 Å². The Bertz CT molecular complexity index is 797. The van der Waals surface area contributed by atoms with Gasteiger partial charge in [0.25, 0.3) is 0 Å². The smallest absolute Gasteiger partial charge is 0.324 e. The molecule has 156 valence electrons. The van der Waals surface area contributed by atoms with Gasteiger partial charge in [-0.3, -0.25) is 4.90 Å². The van der Waals surface area contributed by atoms with Gasteiger partial charge in [0.05, 0.1) is 6.10 Å². The van der Waals surface area contributed by atoms with Gasteiger partial charge < -0.3 is 19.3 Å². The highest BCUT2D eigenvalue weighted by atomic mass is 16.5. The zero-order chi connectivity index (χ0) is 19.7. The number of hydrogen-bond donors (Lipinski definition) is 1. The Balaban J connectivity index is 1.24. The second-order valence-electron chi connectivity index (χ2n) is 8.88. The first-order valence-electron chi connectivity index (χ1n) is 10.8. The molecule has 0 saturated carbocycles. The Morgan fingerprint density at radius 3 is 2.59 bits per heavy atom. The number of β-amino-alcohol motifs (C(OH)–C–C–N with tert-alkyl or cyclic N) is 1. The summed E-state index contributed by atoms with van der Waals surface area (Å²) in [5, 5.41) is 14.8. The van der Waals surface area contributed by atoms with Gasteiger partial charge in [-0.05, 0) is 37.5 Å². The SMILES string of the molecule is OC1CN(C2CCOCC2)CC2(CCN(c3nc(-c4ccccc4)no3)CC2)C1. The molecule has 7 nitrogen and oxygen atoms in total. The van der Waals surface area contributed by atoms with Crippen LogP contribution in [0.4, 0.5) is 6.01 Å². The van der Waals surface area contributed by atoms with E-state index in [9.17, 15) is 5.11 Å². The molecule has 0 radical (unpaired) electrons. The van der Waals surface area contributed by atoms with Crippen molar-refractivity contribution in [3.63, 3.8) is 0 Å². The number of ether oxygens (including phenoxy) is 1. The molecule has 4 heterocycles. The fourth-order valence-electron chi connectivity index (χ4n) is 5.31. The van der Waals surface area contributed by atoms with Gasteiger partial charge in [0, 0.05) is 51.0 Å². The molecule has 1 spiro atoms. The van der Waals surface area contributed by atoms with Crippen LogP contribution < -0.4 is 4.90 Å². The first-order valence-corrected chi connectivity index (χ1v) is 10.8. The van der Waals surface area contributed by atoms with Crippen molar-refractivity contribution in [3.8, 4) is 11.4 Å². The number of anilines is 1. The molecule has 1 N–H and O–H groups in total. The molecule has 3 aliphatic rings. The van der Waals surface area contributed by atoms with Gasteiger partial charge in [-0.1, -0.05) is 35.5 Å². The van der Waals surface area contributed by atoms with E-state index in [1.807, 2.05) is 30.3 Å². The molecule has 7 heteroatoms. The zero-order valence-electron chi connectivity index (χ0n) is 16.9.